The minimum absolute atomic E-state index is 0.0265. The van der Waals surface area contributed by atoms with Crippen molar-refractivity contribution in [3.05, 3.63) is 31.8 Å². The predicted octanol–water partition coefficient (Wildman–Crippen LogP) is 3.48. The van der Waals surface area contributed by atoms with Crippen molar-refractivity contribution in [3.63, 3.8) is 0 Å². The van der Waals surface area contributed by atoms with Crippen molar-refractivity contribution in [2.24, 2.45) is 0 Å². The van der Waals surface area contributed by atoms with E-state index >= 15 is 0 Å². The lowest BCUT2D eigenvalue weighted by atomic mass is 10.1. The van der Waals surface area contributed by atoms with Crippen LogP contribution in [0.4, 0.5) is 0 Å². The highest BCUT2D eigenvalue weighted by molar-refractivity contribution is 14.1. The lowest BCUT2D eigenvalue weighted by molar-refractivity contribution is 0.102. The topological polar surface area (TPSA) is 17.1 Å². The summed E-state index contributed by atoms with van der Waals surface area (Å²) in [5.41, 5.74) is 0.650. The van der Waals surface area contributed by atoms with Crippen LogP contribution in [0.5, 0.6) is 0 Å². The van der Waals surface area contributed by atoms with Crippen molar-refractivity contribution in [2.75, 3.05) is 5.88 Å². The van der Waals surface area contributed by atoms with E-state index in [2.05, 4.69) is 38.5 Å². The van der Waals surface area contributed by atoms with Crippen molar-refractivity contribution in [1.82, 2.24) is 0 Å². The van der Waals surface area contributed by atoms with Crippen molar-refractivity contribution in [2.45, 2.75) is 0 Å². The number of alkyl halides is 1. The highest BCUT2D eigenvalue weighted by atomic mass is 127. The molecule has 0 fully saturated rings. The molecule has 0 aromatic heterocycles. The Morgan fingerprint density at radius 1 is 1.58 bits per heavy atom. The molecule has 0 aliphatic heterocycles. The average molecular weight is 359 g/mol. The van der Waals surface area contributed by atoms with E-state index in [0.29, 0.717) is 5.56 Å². The van der Waals surface area contributed by atoms with Crippen LogP contribution in [0.3, 0.4) is 0 Å². The van der Waals surface area contributed by atoms with Crippen molar-refractivity contribution >= 4 is 55.9 Å². The van der Waals surface area contributed by atoms with E-state index in [1.165, 1.54) is 0 Å². The Labute approximate surface area is 97.8 Å². The van der Waals surface area contributed by atoms with Crippen LogP contribution < -0.4 is 0 Å². The fourth-order valence-electron chi connectivity index (χ4n) is 0.791. The van der Waals surface area contributed by atoms with Crippen LogP contribution in [0, 0.1) is 3.57 Å². The summed E-state index contributed by atoms with van der Waals surface area (Å²) in [5, 5.41) is 0. The van der Waals surface area contributed by atoms with Crippen LogP contribution in [-0.2, 0) is 0 Å². The monoisotopic (exact) mass is 358 g/mol. The van der Waals surface area contributed by atoms with E-state index in [4.69, 9.17) is 11.6 Å². The second kappa shape index (κ2) is 4.58. The summed E-state index contributed by atoms with van der Waals surface area (Å²) in [7, 11) is 0. The number of carbonyl (C=O) groups excluding carboxylic acids is 1. The number of halogens is 3. The summed E-state index contributed by atoms with van der Waals surface area (Å²) >= 11 is 10.9. The van der Waals surface area contributed by atoms with Gasteiger partial charge < -0.3 is 0 Å². The molecule has 12 heavy (non-hydrogen) atoms. The summed E-state index contributed by atoms with van der Waals surface area (Å²) in [4.78, 5) is 11.2. The Kier molecular flexibility index (Phi) is 3.99. The first-order chi connectivity index (χ1) is 5.66. The van der Waals surface area contributed by atoms with E-state index in [0.717, 1.165) is 8.04 Å². The maximum Gasteiger partial charge on any atom is 0.178 e. The van der Waals surface area contributed by atoms with Crippen LogP contribution in [0.2, 0.25) is 0 Å². The number of benzene rings is 1. The summed E-state index contributed by atoms with van der Waals surface area (Å²) in [6.07, 6.45) is 0. The molecule has 0 aliphatic rings. The quantitative estimate of drug-likeness (QED) is 0.449. The third-order valence-corrected chi connectivity index (χ3v) is 4.11. The smallest absolute Gasteiger partial charge is 0.178 e. The van der Waals surface area contributed by atoms with Gasteiger partial charge in [-0.15, -0.1) is 11.6 Å². The molecule has 0 bridgehead atoms. The third kappa shape index (κ3) is 2.20. The van der Waals surface area contributed by atoms with Gasteiger partial charge in [0.05, 0.1) is 5.88 Å². The van der Waals surface area contributed by atoms with Crippen LogP contribution in [0.1, 0.15) is 10.4 Å². The molecule has 4 heteroatoms. The summed E-state index contributed by atoms with van der Waals surface area (Å²) in [5.74, 6) is -0.0272. The Balaban J connectivity index is 3.16. The highest BCUT2D eigenvalue weighted by Gasteiger charge is 2.09. The lowest BCUT2D eigenvalue weighted by Crippen LogP contribution is -2.01. The average Bonchev–Trinajstić information content (AvgIpc) is 2.08. The number of rotatable bonds is 2. The molecule has 0 radical (unpaired) electrons. The molecule has 64 valence electrons. The molecule has 1 rings (SSSR count). The van der Waals surface area contributed by atoms with Gasteiger partial charge in [0.2, 0.25) is 0 Å². The van der Waals surface area contributed by atoms with Gasteiger partial charge in [-0.3, -0.25) is 4.79 Å². The SMILES string of the molecule is O=C(CCl)c1cccc(I)c1Br. The molecule has 0 saturated heterocycles. The fourth-order valence-corrected chi connectivity index (χ4v) is 1.92. The van der Waals surface area contributed by atoms with Crippen LogP contribution in [0.25, 0.3) is 0 Å². The highest BCUT2D eigenvalue weighted by Crippen LogP contribution is 2.23. The first-order valence-corrected chi connectivity index (χ1v) is 5.60. The first kappa shape index (κ1) is 10.5. The molecular formula is C8H5BrClIO. The number of carbonyl (C=O) groups is 1. The van der Waals surface area contributed by atoms with E-state index in [1.807, 2.05) is 12.1 Å². The predicted molar refractivity (Wildman–Crippen MR) is 61.9 cm³/mol. The van der Waals surface area contributed by atoms with Crippen molar-refractivity contribution in [3.8, 4) is 0 Å². The minimum Gasteiger partial charge on any atom is -0.293 e. The number of Topliss-reactive ketones (excluding diaryl/α,β-unsaturated/α-hetero) is 1. The molecular weight excluding hydrogens is 354 g/mol. The third-order valence-electron chi connectivity index (χ3n) is 1.37. The minimum atomic E-state index is -0.0537. The van der Waals surface area contributed by atoms with Gasteiger partial charge in [-0.2, -0.15) is 0 Å². The van der Waals surface area contributed by atoms with Gasteiger partial charge >= 0.3 is 0 Å². The van der Waals surface area contributed by atoms with Gasteiger partial charge in [-0.1, -0.05) is 12.1 Å². The van der Waals surface area contributed by atoms with Gasteiger partial charge in [0.15, 0.2) is 5.78 Å². The molecule has 0 aliphatic carbocycles. The second-order valence-corrected chi connectivity index (χ2v) is 4.38. The van der Waals surface area contributed by atoms with E-state index < -0.39 is 0 Å². The summed E-state index contributed by atoms with van der Waals surface area (Å²) < 4.78 is 1.85. The molecule has 0 unspecified atom stereocenters. The largest absolute Gasteiger partial charge is 0.293 e. The van der Waals surface area contributed by atoms with E-state index in [9.17, 15) is 4.79 Å². The Morgan fingerprint density at radius 2 is 2.25 bits per heavy atom. The molecule has 1 aromatic rings. The van der Waals surface area contributed by atoms with Gasteiger partial charge in [0, 0.05) is 13.6 Å². The van der Waals surface area contributed by atoms with E-state index in [1.54, 1.807) is 6.07 Å². The van der Waals surface area contributed by atoms with Crippen LogP contribution >= 0.6 is 50.1 Å². The molecule has 1 nitrogen and oxygen atoms in total. The Bertz CT molecular complexity index is 314. The Hall–Kier alpha value is 0.390. The molecule has 0 atom stereocenters. The van der Waals surface area contributed by atoms with Crippen LogP contribution in [0.15, 0.2) is 22.7 Å². The molecule has 0 N–H and O–H groups in total. The lowest BCUT2D eigenvalue weighted by Gasteiger charge is -2.01. The zero-order valence-electron chi connectivity index (χ0n) is 5.98. The zero-order chi connectivity index (χ0) is 9.14. The number of ketones is 1. The van der Waals surface area contributed by atoms with Gasteiger partial charge in [-0.25, -0.2) is 0 Å². The summed E-state index contributed by atoms with van der Waals surface area (Å²) in [6.45, 7) is 0. The molecule has 1 aromatic carbocycles. The standard InChI is InChI=1S/C8H5BrClIO/c9-8-5(7(12)4-10)2-1-3-6(8)11/h1-3H,4H2. The maximum atomic E-state index is 11.2. The Morgan fingerprint density at radius 3 is 2.83 bits per heavy atom. The van der Waals surface area contributed by atoms with E-state index in [-0.39, 0.29) is 11.7 Å². The van der Waals surface area contributed by atoms with Crippen molar-refractivity contribution in [1.29, 1.82) is 0 Å². The normalized spacial score (nSPS) is 9.92. The maximum absolute atomic E-state index is 11.2. The summed E-state index contributed by atoms with van der Waals surface area (Å²) in [6, 6.07) is 5.53. The van der Waals surface area contributed by atoms with Gasteiger partial charge in [0.1, 0.15) is 0 Å². The van der Waals surface area contributed by atoms with Crippen LogP contribution in [-0.4, -0.2) is 11.7 Å². The van der Waals surface area contributed by atoms with Gasteiger partial charge in [-0.05, 0) is 44.6 Å². The fraction of sp³-hybridized carbons (Fsp3) is 0.125. The molecule has 0 saturated carbocycles. The second-order valence-electron chi connectivity index (χ2n) is 2.16. The molecule has 0 heterocycles. The number of hydrogen-bond donors (Lipinski definition) is 0. The first-order valence-electron chi connectivity index (χ1n) is 3.20. The van der Waals surface area contributed by atoms with Crippen molar-refractivity contribution < 1.29 is 4.79 Å². The number of hydrogen-bond acceptors (Lipinski definition) is 1. The molecule has 0 spiro atoms. The van der Waals surface area contributed by atoms with Gasteiger partial charge in [0.25, 0.3) is 0 Å². The zero-order valence-corrected chi connectivity index (χ0v) is 10.5. The molecule has 0 amide bonds.